The van der Waals surface area contributed by atoms with Crippen LogP contribution in [0.15, 0.2) is 0 Å². The van der Waals surface area contributed by atoms with Crippen molar-refractivity contribution in [2.75, 3.05) is 0 Å². The SMILES string of the molecule is O=C1C[C@H](C(=O)O)[C@@H]2CCCC[C@@H]2N1. The molecule has 4 heteroatoms. The van der Waals surface area contributed by atoms with Gasteiger partial charge in [0.1, 0.15) is 0 Å². The number of hydrogen-bond acceptors (Lipinski definition) is 2. The fourth-order valence-electron chi connectivity index (χ4n) is 2.71. The maximum atomic E-state index is 11.3. The lowest BCUT2D eigenvalue weighted by Gasteiger charge is -2.39. The Kier molecular flexibility index (Phi) is 2.44. The molecular weight excluding hydrogens is 182 g/mol. The molecule has 2 rings (SSSR count). The van der Waals surface area contributed by atoms with E-state index >= 15 is 0 Å². The molecule has 0 radical (unpaired) electrons. The first-order chi connectivity index (χ1) is 6.68. The second-order valence-electron chi connectivity index (χ2n) is 4.27. The summed E-state index contributed by atoms with van der Waals surface area (Å²) in [5.41, 5.74) is 0. The van der Waals surface area contributed by atoms with Crippen molar-refractivity contribution in [2.24, 2.45) is 11.8 Å². The van der Waals surface area contributed by atoms with Crippen molar-refractivity contribution < 1.29 is 14.7 Å². The molecule has 1 heterocycles. The number of carbonyl (C=O) groups excluding carboxylic acids is 1. The van der Waals surface area contributed by atoms with Gasteiger partial charge in [-0.2, -0.15) is 0 Å². The number of aliphatic carboxylic acids is 1. The average molecular weight is 197 g/mol. The summed E-state index contributed by atoms with van der Waals surface area (Å²) in [6, 6.07) is 0.117. The van der Waals surface area contributed by atoms with Gasteiger partial charge in [-0.05, 0) is 18.8 Å². The molecule has 2 fully saturated rings. The molecular formula is C10H15NO3. The van der Waals surface area contributed by atoms with E-state index < -0.39 is 11.9 Å². The molecule has 0 aromatic carbocycles. The monoisotopic (exact) mass is 197 g/mol. The second-order valence-corrected chi connectivity index (χ2v) is 4.27. The van der Waals surface area contributed by atoms with Gasteiger partial charge >= 0.3 is 5.97 Å². The molecule has 0 aromatic rings. The Bertz CT molecular complexity index is 262. The Labute approximate surface area is 82.7 Å². The van der Waals surface area contributed by atoms with E-state index in [-0.39, 0.29) is 24.3 Å². The van der Waals surface area contributed by atoms with Gasteiger partial charge in [-0.25, -0.2) is 0 Å². The van der Waals surface area contributed by atoms with Crippen LogP contribution in [0, 0.1) is 11.8 Å². The highest BCUT2D eigenvalue weighted by Gasteiger charge is 2.41. The molecule has 1 amide bonds. The van der Waals surface area contributed by atoms with E-state index in [0.29, 0.717) is 0 Å². The molecule has 1 aliphatic carbocycles. The van der Waals surface area contributed by atoms with Gasteiger partial charge < -0.3 is 10.4 Å². The molecule has 2 N–H and O–H groups in total. The number of carbonyl (C=O) groups is 2. The number of rotatable bonds is 1. The Balaban J connectivity index is 2.14. The summed E-state index contributed by atoms with van der Waals surface area (Å²) in [7, 11) is 0. The van der Waals surface area contributed by atoms with Gasteiger partial charge in [0.05, 0.1) is 5.92 Å². The summed E-state index contributed by atoms with van der Waals surface area (Å²) in [5.74, 6) is -1.19. The first-order valence-corrected chi connectivity index (χ1v) is 5.20. The third-order valence-corrected chi connectivity index (χ3v) is 3.41. The zero-order chi connectivity index (χ0) is 10.1. The molecule has 0 bridgehead atoms. The van der Waals surface area contributed by atoms with Crippen molar-refractivity contribution in [3.05, 3.63) is 0 Å². The van der Waals surface area contributed by atoms with Gasteiger partial charge in [-0.3, -0.25) is 9.59 Å². The summed E-state index contributed by atoms with van der Waals surface area (Å²) < 4.78 is 0. The lowest BCUT2D eigenvalue weighted by atomic mass is 9.73. The van der Waals surface area contributed by atoms with Crippen LogP contribution in [0.2, 0.25) is 0 Å². The van der Waals surface area contributed by atoms with E-state index in [1.165, 1.54) is 0 Å². The van der Waals surface area contributed by atoms with E-state index in [4.69, 9.17) is 5.11 Å². The number of carboxylic acid groups (broad SMARTS) is 1. The Morgan fingerprint density at radius 2 is 2.07 bits per heavy atom. The number of fused-ring (bicyclic) bond motifs is 1. The third-order valence-electron chi connectivity index (χ3n) is 3.41. The largest absolute Gasteiger partial charge is 0.481 e. The molecule has 14 heavy (non-hydrogen) atoms. The van der Waals surface area contributed by atoms with Crippen LogP contribution in [0.1, 0.15) is 32.1 Å². The predicted molar refractivity (Wildman–Crippen MR) is 49.6 cm³/mol. The molecule has 2 aliphatic rings. The molecule has 0 unspecified atom stereocenters. The van der Waals surface area contributed by atoms with Crippen LogP contribution in [-0.2, 0) is 9.59 Å². The molecule has 3 atom stereocenters. The minimum Gasteiger partial charge on any atom is -0.481 e. The molecule has 0 spiro atoms. The second kappa shape index (κ2) is 3.59. The standard InChI is InChI=1S/C10H15NO3/c12-9-5-7(10(13)14)6-3-1-2-4-8(6)11-9/h6-8H,1-5H2,(H,11,12)(H,13,14)/t6-,7-,8-/m0/s1. The number of hydrogen-bond donors (Lipinski definition) is 2. The Morgan fingerprint density at radius 3 is 2.79 bits per heavy atom. The zero-order valence-corrected chi connectivity index (χ0v) is 8.03. The van der Waals surface area contributed by atoms with Gasteiger partial charge in [0.15, 0.2) is 0 Å². The Hall–Kier alpha value is -1.06. The smallest absolute Gasteiger partial charge is 0.307 e. The molecule has 1 aliphatic heterocycles. The molecule has 78 valence electrons. The fraction of sp³-hybridized carbons (Fsp3) is 0.800. The molecule has 4 nitrogen and oxygen atoms in total. The summed E-state index contributed by atoms with van der Waals surface area (Å²) in [6.07, 6.45) is 4.26. The average Bonchev–Trinajstić information content (AvgIpc) is 2.16. The van der Waals surface area contributed by atoms with Crippen molar-refractivity contribution in [2.45, 2.75) is 38.1 Å². The van der Waals surface area contributed by atoms with Crippen LogP contribution in [0.3, 0.4) is 0 Å². The van der Waals surface area contributed by atoms with Crippen molar-refractivity contribution in [1.82, 2.24) is 5.32 Å². The first kappa shape index (κ1) is 9.49. The zero-order valence-electron chi connectivity index (χ0n) is 8.03. The number of carboxylic acids is 1. The van der Waals surface area contributed by atoms with E-state index in [9.17, 15) is 9.59 Å². The van der Waals surface area contributed by atoms with Crippen molar-refractivity contribution >= 4 is 11.9 Å². The van der Waals surface area contributed by atoms with Crippen LogP contribution in [-0.4, -0.2) is 23.0 Å². The number of nitrogens with one attached hydrogen (secondary N) is 1. The van der Waals surface area contributed by atoms with E-state index in [2.05, 4.69) is 5.32 Å². The lowest BCUT2D eigenvalue weighted by Crippen LogP contribution is -2.52. The number of amides is 1. The van der Waals surface area contributed by atoms with Crippen molar-refractivity contribution in [3.63, 3.8) is 0 Å². The normalized spacial score (nSPS) is 37.1. The van der Waals surface area contributed by atoms with Crippen molar-refractivity contribution in [3.8, 4) is 0 Å². The number of piperidine rings is 1. The van der Waals surface area contributed by atoms with Gasteiger partial charge in [-0.1, -0.05) is 12.8 Å². The first-order valence-electron chi connectivity index (χ1n) is 5.20. The van der Waals surface area contributed by atoms with Gasteiger partial charge in [0, 0.05) is 12.5 Å². The highest BCUT2D eigenvalue weighted by Crippen LogP contribution is 2.35. The maximum Gasteiger partial charge on any atom is 0.307 e. The van der Waals surface area contributed by atoms with Gasteiger partial charge in [0.2, 0.25) is 5.91 Å². The molecule has 0 aromatic heterocycles. The summed E-state index contributed by atoms with van der Waals surface area (Å²) >= 11 is 0. The van der Waals surface area contributed by atoms with Crippen LogP contribution in [0.25, 0.3) is 0 Å². The van der Waals surface area contributed by atoms with E-state index in [0.717, 1.165) is 25.7 Å². The topological polar surface area (TPSA) is 66.4 Å². The predicted octanol–water partition coefficient (Wildman–Crippen LogP) is 0.766. The highest BCUT2D eigenvalue weighted by atomic mass is 16.4. The Morgan fingerprint density at radius 1 is 1.36 bits per heavy atom. The summed E-state index contributed by atoms with van der Waals surface area (Å²) in [5, 5.41) is 11.9. The van der Waals surface area contributed by atoms with Gasteiger partial charge in [0.25, 0.3) is 0 Å². The van der Waals surface area contributed by atoms with E-state index in [1.54, 1.807) is 0 Å². The van der Waals surface area contributed by atoms with Crippen LogP contribution < -0.4 is 5.32 Å². The van der Waals surface area contributed by atoms with E-state index in [1.807, 2.05) is 0 Å². The van der Waals surface area contributed by atoms with Crippen LogP contribution in [0.4, 0.5) is 0 Å². The third kappa shape index (κ3) is 1.61. The summed E-state index contributed by atoms with van der Waals surface area (Å²) in [4.78, 5) is 22.2. The molecule has 1 saturated carbocycles. The maximum absolute atomic E-state index is 11.3. The summed E-state index contributed by atoms with van der Waals surface area (Å²) in [6.45, 7) is 0. The highest BCUT2D eigenvalue weighted by molar-refractivity contribution is 5.84. The minimum atomic E-state index is -0.809. The molecule has 1 saturated heterocycles. The quantitative estimate of drug-likeness (QED) is 0.652. The van der Waals surface area contributed by atoms with Crippen LogP contribution >= 0.6 is 0 Å². The van der Waals surface area contributed by atoms with Crippen LogP contribution in [0.5, 0.6) is 0 Å². The minimum absolute atomic E-state index is 0.0967. The van der Waals surface area contributed by atoms with Crippen molar-refractivity contribution in [1.29, 1.82) is 0 Å². The fourth-order valence-corrected chi connectivity index (χ4v) is 2.71. The van der Waals surface area contributed by atoms with Gasteiger partial charge in [-0.15, -0.1) is 0 Å². The lowest BCUT2D eigenvalue weighted by molar-refractivity contribution is -0.150.